The summed E-state index contributed by atoms with van der Waals surface area (Å²) in [6.07, 6.45) is 2.68. The first-order valence-corrected chi connectivity index (χ1v) is 10.3. The van der Waals surface area contributed by atoms with Gasteiger partial charge in [-0.3, -0.25) is 9.69 Å². The average molecular weight is 382 g/mol. The maximum absolute atomic E-state index is 11.9. The molecule has 150 valence electrons. The molecule has 1 heterocycles. The maximum atomic E-state index is 11.9. The molecule has 3 rings (SSSR count). The number of hydrogen-bond acceptors (Lipinski definition) is 4. The molecule has 0 N–H and O–H groups in total. The van der Waals surface area contributed by atoms with Crippen LogP contribution in [0.4, 0.5) is 0 Å². The SMILES string of the molecule is CCOC(=O)C1CCN(CCOc2ccc(Cc3ccccc3)cc2)C(C)C1. The third kappa shape index (κ3) is 5.83. The van der Waals surface area contributed by atoms with Gasteiger partial charge in [0.25, 0.3) is 0 Å². The minimum absolute atomic E-state index is 0.0409. The van der Waals surface area contributed by atoms with Gasteiger partial charge in [0.1, 0.15) is 12.4 Å². The zero-order valence-corrected chi connectivity index (χ0v) is 17.0. The van der Waals surface area contributed by atoms with Crippen LogP contribution in [0, 0.1) is 5.92 Å². The van der Waals surface area contributed by atoms with Crippen molar-refractivity contribution in [2.75, 3.05) is 26.3 Å². The molecule has 1 aliphatic rings. The largest absolute Gasteiger partial charge is 0.492 e. The van der Waals surface area contributed by atoms with E-state index in [4.69, 9.17) is 9.47 Å². The van der Waals surface area contributed by atoms with E-state index >= 15 is 0 Å². The van der Waals surface area contributed by atoms with Gasteiger partial charge >= 0.3 is 5.97 Å². The molecule has 0 bridgehead atoms. The standard InChI is InChI=1S/C24H31NO3/c1-3-27-24(26)22-13-14-25(19(2)17-22)15-16-28-23-11-9-21(10-12-23)18-20-7-5-4-6-8-20/h4-12,19,22H,3,13-18H2,1-2H3. The fourth-order valence-electron chi connectivity index (χ4n) is 3.84. The normalized spacial score (nSPS) is 19.9. The van der Waals surface area contributed by atoms with Crippen LogP contribution in [0.25, 0.3) is 0 Å². The molecule has 2 unspecified atom stereocenters. The molecule has 4 heteroatoms. The van der Waals surface area contributed by atoms with Crippen LogP contribution in [0.3, 0.4) is 0 Å². The van der Waals surface area contributed by atoms with Crippen molar-refractivity contribution in [3.8, 4) is 5.75 Å². The zero-order chi connectivity index (χ0) is 19.8. The number of carbonyl (C=O) groups excluding carboxylic acids is 1. The van der Waals surface area contributed by atoms with Crippen LogP contribution in [0.2, 0.25) is 0 Å². The average Bonchev–Trinajstić information content (AvgIpc) is 2.71. The van der Waals surface area contributed by atoms with E-state index in [0.717, 1.165) is 38.1 Å². The Morgan fingerprint density at radius 2 is 1.79 bits per heavy atom. The molecule has 0 radical (unpaired) electrons. The van der Waals surface area contributed by atoms with Crippen LogP contribution in [0.1, 0.15) is 37.8 Å². The summed E-state index contributed by atoms with van der Waals surface area (Å²) in [7, 11) is 0. The Hall–Kier alpha value is -2.33. The summed E-state index contributed by atoms with van der Waals surface area (Å²) in [6.45, 7) is 6.97. The highest BCUT2D eigenvalue weighted by atomic mass is 16.5. The van der Waals surface area contributed by atoms with E-state index in [1.807, 2.05) is 13.0 Å². The van der Waals surface area contributed by atoms with Crippen molar-refractivity contribution in [1.82, 2.24) is 4.90 Å². The van der Waals surface area contributed by atoms with Crippen LogP contribution in [0.5, 0.6) is 5.75 Å². The molecule has 4 nitrogen and oxygen atoms in total. The van der Waals surface area contributed by atoms with Gasteiger partial charge in [0.05, 0.1) is 12.5 Å². The second-order valence-corrected chi connectivity index (χ2v) is 7.51. The lowest BCUT2D eigenvalue weighted by Crippen LogP contribution is -2.44. The molecule has 0 aliphatic carbocycles. The summed E-state index contributed by atoms with van der Waals surface area (Å²) in [5, 5.41) is 0. The molecule has 0 aromatic heterocycles. The third-order valence-electron chi connectivity index (χ3n) is 5.46. The highest BCUT2D eigenvalue weighted by molar-refractivity contribution is 5.72. The molecule has 28 heavy (non-hydrogen) atoms. The zero-order valence-electron chi connectivity index (χ0n) is 17.0. The van der Waals surface area contributed by atoms with Crippen molar-refractivity contribution in [2.45, 2.75) is 39.2 Å². The Kier molecular flexibility index (Phi) is 7.49. The molecular formula is C24H31NO3. The second-order valence-electron chi connectivity index (χ2n) is 7.51. The van der Waals surface area contributed by atoms with E-state index in [1.165, 1.54) is 11.1 Å². The monoisotopic (exact) mass is 381 g/mol. The number of carbonyl (C=O) groups is 1. The van der Waals surface area contributed by atoms with Crippen LogP contribution >= 0.6 is 0 Å². The predicted octanol–water partition coefficient (Wildman–Crippen LogP) is 4.32. The van der Waals surface area contributed by atoms with Crippen LogP contribution in [0.15, 0.2) is 54.6 Å². The number of hydrogen-bond donors (Lipinski definition) is 0. The number of piperidine rings is 1. The van der Waals surface area contributed by atoms with Gasteiger partial charge in [-0.05, 0) is 62.9 Å². The van der Waals surface area contributed by atoms with Gasteiger partial charge in [-0.2, -0.15) is 0 Å². The molecule has 0 saturated carbocycles. The third-order valence-corrected chi connectivity index (χ3v) is 5.46. The molecule has 2 atom stereocenters. The van der Waals surface area contributed by atoms with Gasteiger partial charge in [0.15, 0.2) is 0 Å². The minimum Gasteiger partial charge on any atom is -0.492 e. The maximum Gasteiger partial charge on any atom is 0.309 e. The van der Waals surface area contributed by atoms with Crippen molar-refractivity contribution in [2.24, 2.45) is 5.92 Å². The van der Waals surface area contributed by atoms with Gasteiger partial charge in [-0.15, -0.1) is 0 Å². The smallest absolute Gasteiger partial charge is 0.309 e. The number of ether oxygens (including phenoxy) is 2. The second kappa shape index (κ2) is 10.3. The van der Waals surface area contributed by atoms with Gasteiger partial charge in [-0.25, -0.2) is 0 Å². The van der Waals surface area contributed by atoms with Crippen LogP contribution < -0.4 is 4.74 Å². The summed E-state index contributed by atoms with van der Waals surface area (Å²) in [5.74, 6) is 0.913. The van der Waals surface area contributed by atoms with E-state index in [-0.39, 0.29) is 11.9 Å². The number of nitrogens with zero attached hydrogens (tertiary/aromatic N) is 1. The molecule has 0 amide bonds. The quantitative estimate of drug-likeness (QED) is 0.639. The lowest BCUT2D eigenvalue weighted by molar-refractivity contribution is -0.150. The van der Waals surface area contributed by atoms with E-state index < -0.39 is 0 Å². The molecular weight excluding hydrogens is 350 g/mol. The highest BCUT2D eigenvalue weighted by Gasteiger charge is 2.30. The first-order valence-electron chi connectivity index (χ1n) is 10.3. The Morgan fingerprint density at radius 1 is 1.07 bits per heavy atom. The number of benzene rings is 2. The topological polar surface area (TPSA) is 38.8 Å². The Labute approximate surface area is 168 Å². The van der Waals surface area contributed by atoms with Crippen LogP contribution in [-0.4, -0.2) is 43.2 Å². The van der Waals surface area contributed by atoms with Gasteiger partial charge < -0.3 is 9.47 Å². The van der Waals surface area contributed by atoms with Gasteiger partial charge in [0.2, 0.25) is 0 Å². The van der Waals surface area contributed by atoms with E-state index in [1.54, 1.807) is 0 Å². The van der Waals surface area contributed by atoms with Crippen molar-refractivity contribution >= 4 is 5.97 Å². The van der Waals surface area contributed by atoms with Crippen molar-refractivity contribution in [3.63, 3.8) is 0 Å². The number of esters is 1. The lowest BCUT2D eigenvalue weighted by Gasteiger charge is -2.36. The van der Waals surface area contributed by atoms with Crippen molar-refractivity contribution in [1.29, 1.82) is 0 Å². The van der Waals surface area contributed by atoms with Gasteiger partial charge in [-0.1, -0.05) is 42.5 Å². The number of likely N-dealkylation sites (tertiary alicyclic amines) is 1. The van der Waals surface area contributed by atoms with E-state index in [9.17, 15) is 4.79 Å². The highest BCUT2D eigenvalue weighted by Crippen LogP contribution is 2.24. The summed E-state index contributed by atoms with van der Waals surface area (Å²) in [4.78, 5) is 14.3. The molecule has 1 saturated heterocycles. The lowest BCUT2D eigenvalue weighted by atomic mass is 9.92. The molecule has 2 aromatic rings. The fourth-order valence-corrected chi connectivity index (χ4v) is 3.84. The van der Waals surface area contributed by atoms with Crippen LogP contribution in [-0.2, 0) is 16.0 Å². The Morgan fingerprint density at radius 3 is 2.46 bits per heavy atom. The number of rotatable bonds is 8. The predicted molar refractivity (Wildman–Crippen MR) is 112 cm³/mol. The first-order chi connectivity index (χ1) is 13.7. The van der Waals surface area contributed by atoms with Crippen molar-refractivity contribution in [3.05, 3.63) is 65.7 Å². The summed E-state index contributed by atoms with van der Waals surface area (Å²) in [5.41, 5.74) is 2.60. The Balaban J connectivity index is 1.41. The first kappa shape index (κ1) is 20.4. The molecule has 0 spiro atoms. The molecule has 2 aromatic carbocycles. The minimum atomic E-state index is -0.0409. The molecule has 1 fully saturated rings. The Bertz CT molecular complexity index is 729. The molecule has 1 aliphatic heterocycles. The summed E-state index contributed by atoms with van der Waals surface area (Å²) >= 11 is 0. The fraction of sp³-hybridized carbons (Fsp3) is 0.458. The van der Waals surface area contributed by atoms with Gasteiger partial charge in [0, 0.05) is 12.6 Å². The van der Waals surface area contributed by atoms with E-state index in [0.29, 0.717) is 19.3 Å². The summed E-state index contributed by atoms with van der Waals surface area (Å²) in [6, 6.07) is 19.2. The van der Waals surface area contributed by atoms with Crippen molar-refractivity contribution < 1.29 is 14.3 Å². The van der Waals surface area contributed by atoms with E-state index in [2.05, 4.69) is 60.4 Å². The summed E-state index contributed by atoms with van der Waals surface area (Å²) < 4.78 is 11.1.